The Balaban J connectivity index is 2.30. The van der Waals surface area contributed by atoms with Crippen molar-refractivity contribution in [3.05, 3.63) is 34.6 Å². The van der Waals surface area contributed by atoms with Crippen LogP contribution in [-0.2, 0) is 9.84 Å². The van der Waals surface area contributed by atoms with Gasteiger partial charge in [-0.25, -0.2) is 8.42 Å². The zero-order chi connectivity index (χ0) is 14.3. The summed E-state index contributed by atoms with van der Waals surface area (Å²) in [5.41, 5.74) is 0.387. The van der Waals surface area contributed by atoms with Crippen molar-refractivity contribution in [2.75, 3.05) is 6.26 Å². The van der Waals surface area contributed by atoms with E-state index in [0.29, 0.717) is 10.9 Å². The summed E-state index contributed by atoms with van der Waals surface area (Å²) in [6, 6.07) is 6.02. The number of hydrogen-bond donors (Lipinski definition) is 2. The number of rotatable bonds is 2. The second-order valence-corrected chi connectivity index (χ2v) is 6.28. The van der Waals surface area contributed by atoms with E-state index >= 15 is 0 Å². The second kappa shape index (κ2) is 4.23. The van der Waals surface area contributed by atoms with Crippen molar-refractivity contribution < 1.29 is 8.42 Å². The molecule has 0 bridgehead atoms. The average Bonchev–Trinajstić information content (AvgIpc) is 2.90. The quantitative estimate of drug-likeness (QED) is 0.691. The molecule has 2 aromatic heterocycles. The molecule has 3 rings (SSSR count). The summed E-state index contributed by atoms with van der Waals surface area (Å²) in [7, 11) is -3.31. The fourth-order valence-corrected chi connectivity index (χ4v) is 2.51. The van der Waals surface area contributed by atoms with Crippen molar-refractivity contribution >= 4 is 20.7 Å². The first-order valence-corrected chi connectivity index (χ1v) is 7.45. The fourth-order valence-electron chi connectivity index (χ4n) is 1.86. The number of hydrogen-bond acceptors (Lipinski definition) is 6. The van der Waals surface area contributed by atoms with Gasteiger partial charge in [-0.15, -0.1) is 10.2 Å². The summed E-state index contributed by atoms with van der Waals surface area (Å²) in [5.74, 6) is 0.151. The predicted octanol–water partition coefficient (Wildman–Crippen LogP) is 0.112. The molecular weight excluding hydrogens is 282 g/mol. The zero-order valence-corrected chi connectivity index (χ0v) is 11.1. The molecule has 0 radical (unpaired) electrons. The van der Waals surface area contributed by atoms with E-state index in [4.69, 9.17) is 0 Å². The molecule has 0 atom stereocenters. The van der Waals surface area contributed by atoms with E-state index in [1.165, 1.54) is 18.2 Å². The normalized spacial score (nSPS) is 11.8. The van der Waals surface area contributed by atoms with Crippen LogP contribution in [0, 0.1) is 0 Å². The lowest BCUT2D eigenvalue weighted by Gasteiger charge is -2.03. The van der Waals surface area contributed by atoms with Gasteiger partial charge in [0.05, 0.1) is 10.5 Å². The summed E-state index contributed by atoms with van der Waals surface area (Å²) in [6.45, 7) is 0. The number of nitrogens with zero attached hydrogens (tertiary/aromatic N) is 3. The Hall–Kier alpha value is -2.55. The molecule has 0 amide bonds. The van der Waals surface area contributed by atoms with E-state index in [1.807, 2.05) is 0 Å². The predicted molar refractivity (Wildman–Crippen MR) is 70.9 cm³/mol. The largest absolute Gasteiger partial charge is 0.321 e. The first-order chi connectivity index (χ1) is 9.45. The summed E-state index contributed by atoms with van der Waals surface area (Å²) < 4.78 is 23.1. The van der Waals surface area contributed by atoms with E-state index in [-0.39, 0.29) is 21.8 Å². The second-order valence-electron chi connectivity index (χ2n) is 4.27. The number of benzene rings is 1. The summed E-state index contributed by atoms with van der Waals surface area (Å²) >= 11 is 0. The van der Waals surface area contributed by atoms with Gasteiger partial charge in [0.25, 0.3) is 5.56 Å². The van der Waals surface area contributed by atoms with Crippen molar-refractivity contribution in [1.82, 2.24) is 25.6 Å². The lowest BCUT2D eigenvalue weighted by molar-refractivity contribution is 0.602. The summed E-state index contributed by atoms with van der Waals surface area (Å²) in [6.07, 6.45) is 1.12. The smallest absolute Gasteiger partial charge is 0.259 e. The highest BCUT2D eigenvalue weighted by Crippen LogP contribution is 2.19. The van der Waals surface area contributed by atoms with Crippen molar-refractivity contribution in [3.63, 3.8) is 0 Å². The van der Waals surface area contributed by atoms with Crippen molar-refractivity contribution in [1.29, 1.82) is 0 Å². The number of aromatic nitrogens is 5. The van der Waals surface area contributed by atoms with Gasteiger partial charge in [-0.2, -0.15) is 5.21 Å². The highest BCUT2D eigenvalue weighted by Gasteiger charge is 2.12. The first kappa shape index (κ1) is 12.5. The van der Waals surface area contributed by atoms with E-state index in [1.54, 1.807) is 6.07 Å². The van der Waals surface area contributed by atoms with Crippen LogP contribution in [0.1, 0.15) is 0 Å². The third kappa shape index (κ3) is 2.07. The van der Waals surface area contributed by atoms with Gasteiger partial charge in [-0.05, 0) is 29.5 Å². The van der Waals surface area contributed by atoms with E-state index < -0.39 is 9.84 Å². The molecule has 2 N–H and O–H groups in total. The van der Waals surface area contributed by atoms with Crippen LogP contribution in [0.25, 0.3) is 22.3 Å². The molecule has 0 fully saturated rings. The van der Waals surface area contributed by atoms with Crippen LogP contribution in [0.5, 0.6) is 0 Å². The Morgan fingerprint density at radius 2 is 2.00 bits per heavy atom. The summed E-state index contributed by atoms with van der Waals surface area (Å²) in [5, 5.41) is 13.7. The molecule has 0 saturated carbocycles. The van der Waals surface area contributed by atoms with Crippen LogP contribution in [0.2, 0.25) is 0 Å². The number of tetrazole rings is 1. The van der Waals surface area contributed by atoms with Crippen LogP contribution < -0.4 is 5.56 Å². The first-order valence-electron chi connectivity index (χ1n) is 5.56. The molecule has 102 valence electrons. The number of sulfone groups is 1. The van der Waals surface area contributed by atoms with E-state index in [2.05, 4.69) is 25.6 Å². The minimum Gasteiger partial charge on any atom is -0.321 e. The van der Waals surface area contributed by atoms with Gasteiger partial charge < -0.3 is 4.98 Å². The Morgan fingerprint density at radius 1 is 1.20 bits per heavy atom. The SMILES string of the molecule is CS(=O)(=O)c1ccc2[nH]c(=O)c(-c3nn[nH]n3)cc2c1. The maximum atomic E-state index is 11.9. The molecule has 1 aromatic carbocycles. The molecule has 9 heteroatoms. The molecule has 0 aliphatic heterocycles. The molecule has 8 nitrogen and oxygen atoms in total. The Bertz CT molecular complexity index is 944. The van der Waals surface area contributed by atoms with Gasteiger partial charge in [-0.1, -0.05) is 0 Å². The van der Waals surface area contributed by atoms with Gasteiger partial charge in [-0.3, -0.25) is 4.79 Å². The van der Waals surface area contributed by atoms with E-state index in [0.717, 1.165) is 6.26 Å². The zero-order valence-electron chi connectivity index (χ0n) is 10.3. The minimum absolute atomic E-state index is 0.151. The van der Waals surface area contributed by atoms with Crippen molar-refractivity contribution in [2.45, 2.75) is 4.90 Å². The Labute approximate surface area is 112 Å². The van der Waals surface area contributed by atoms with Gasteiger partial charge in [0.2, 0.25) is 5.82 Å². The molecule has 20 heavy (non-hydrogen) atoms. The molecule has 3 aromatic rings. The highest BCUT2D eigenvalue weighted by molar-refractivity contribution is 7.90. The van der Waals surface area contributed by atoms with Gasteiger partial charge >= 0.3 is 0 Å². The van der Waals surface area contributed by atoms with Crippen LogP contribution in [-0.4, -0.2) is 40.3 Å². The monoisotopic (exact) mass is 291 g/mol. The third-order valence-electron chi connectivity index (χ3n) is 2.83. The van der Waals surface area contributed by atoms with Crippen LogP contribution in [0.15, 0.2) is 34.0 Å². The molecule has 0 saturated heterocycles. The standard InChI is InChI=1S/C11H9N5O3S/c1-20(18,19)7-2-3-9-6(4-7)5-8(11(17)12-9)10-13-15-16-14-10/h2-5H,1H3,(H,12,17)(H,13,14,15,16). The van der Waals surface area contributed by atoms with Crippen molar-refractivity contribution in [3.8, 4) is 11.4 Å². The number of aromatic amines is 2. The highest BCUT2D eigenvalue weighted by atomic mass is 32.2. The van der Waals surface area contributed by atoms with Gasteiger partial charge in [0.15, 0.2) is 9.84 Å². The number of pyridine rings is 1. The maximum absolute atomic E-state index is 11.9. The molecule has 0 aliphatic carbocycles. The van der Waals surface area contributed by atoms with Gasteiger partial charge in [0.1, 0.15) is 0 Å². The molecule has 0 aliphatic rings. The molecule has 0 unspecified atom stereocenters. The Kier molecular flexibility index (Phi) is 2.64. The number of nitrogens with one attached hydrogen (secondary N) is 2. The fraction of sp³-hybridized carbons (Fsp3) is 0.0909. The third-order valence-corrected chi connectivity index (χ3v) is 3.94. The Morgan fingerprint density at radius 3 is 2.65 bits per heavy atom. The average molecular weight is 291 g/mol. The molecular formula is C11H9N5O3S. The molecule has 0 spiro atoms. The maximum Gasteiger partial charge on any atom is 0.259 e. The minimum atomic E-state index is -3.31. The van der Waals surface area contributed by atoms with Crippen LogP contribution in [0.3, 0.4) is 0 Å². The lowest BCUT2D eigenvalue weighted by atomic mass is 10.1. The van der Waals surface area contributed by atoms with E-state index in [9.17, 15) is 13.2 Å². The summed E-state index contributed by atoms with van der Waals surface area (Å²) in [4.78, 5) is 14.7. The van der Waals surface area contributed by atoms with Crippen LogP contribution >= 0.6 is 0 Å². The van der Waals surface area contributed by atoms with Gasteiger partial charge in [0, 0.05) is 17.2 Å². The number of H-pyrrole nitrogens is 2. The lowest BCUT2D eigenvalue weighted by Crippen LogP contribution is -2.10. The molecule has 2 heterocycles. The topological polar surface area (TPSA) is 121 Å². The van der Waals surface area contributed by atoms with Crippen LogP contribution in [0.4, 0.5) is 0 Å². The van der Waals surface area contributed by atoms with Crippen molar-refractivity contribution in [2.24, 2.45) is 0 Å². The number of fused-ring (bicyclic) bond motifs is 1.